The molecule has 42 heavy (non-hydrogen) atoms. The minimum Gasteiger partial charge on any atom is -0.497 e. The number of carbonyl (C=O) groups is 3. The Hall–Kier alpha value is -4.71. The molecule has 0 N–H and O–H groups in total. The van der Waals surface area contributed by atoms with E-state index in [0.29, 0.717) is 38.8 Å². The minimum atomic E-state index is -0.960. The third kappa shape index (κ3) is 4.77. The third-order valence-corrected chi connectivity index (χ3v) is 8.02. The Morgan fingerprint density at radius 2 is 1.74 bits per heavy atom. The number of aromatic nitrogens is 1. The molecule has 12 heteroatoms. The van der Waals surface area contributed by atoms with E-state index in [0.717, 1.165) is 11.3 Å². The van der Waals surface area contributed by atoms with Crippen molar-refractivity contribution >= 4 is 40.4 Å². The number of allylic oxidation sites excluding steroid dienone is 1. The SMILES string of the molecule is CCOC(=O)CN1C(=O)/C(=c2/sc3n(c2=O)[C@@H](c2ccc(OC)cc2OC)C(C(=O)OCC)=C(C)N=3)c2ccccc21. The van der Waals surface area contributed by atoms with Crippen LogP contribution in [-0.4, -0.2) is 56.4 Å². The zero-order chi connectivity index (χ0) is 30.1. The van der Waals surface area contributed by atoms with Crippen LogP contribution in [-0.2, 0) is 23.9 Å². The Balaban J connectivity index is 1.78. The van der Waals surface area contributed by atoms with Crippen LogP contribution in [0.5, 0.6) is 11.5 Å². The fraction of sp³-hybridized carbons (Fsp3) is 0.300. The molecule has 0 saturated carbocycles. The van der Waals surface area contributed by atoms with Crippen molar-refractivity contribution in [2.45, 2.75) is 26.8 Å². The van der Waals surface area contributed by atoms with Crippen molar-refractivity contribution in [2.75, 3.05) is 38.9 Å². The van der Waals surface area contributed by atoms with Crippen molar-refractivity contribution in [3.63, 3.8) is 0 Å². The molecule has 3 heterocycles. The van der Waals surface area contributed by atoms with Gasteiger partial charge in [0.1, 0.15) is 28.6 Å². The van der Waals surface area contributed by atoms with Crippen molar-refractivity contribution in [1.82, 2.24) is 4.57 Å². The lowest BCUT2D eigenvalue weighted by Crippen LogP contribution is -2.41. The molecule has 1 amide bonds. The van der Waals surface area contributed by atoms with Crippen LogP contribution in [0.15, 0.2) is 63.5 Å². The molecule has 218 valence electrons. The van der Waals surface area contributed by atoms with Gasteiger partial charge in [-0.15, -0.1) is 0 Å². The van der Waals surface area contributed by atoms with E-state index in [1.165, 1.54) is 23.7 Å². The van der Waals surface area contributed by atoms with Crippen molar-refractivity contribution in [1.29, 1.82) is 0 Å². The summed E-state index contributed by atoms with van der Waals surface area (Å²) in [5, 5.41) is 0. The fourth-order valence-electron chi connectivity index (χ4n) is 5.17. The highest BCUT2D eigenvalue weighted by atomic mass is 32.1. The highest BCUT2D eigenvalue weighted by Crippen LogP contribution is 2.38. The molecule has 0 saturated heterocycles. The number of carbonyl (C=O) groups excluding carboxylic acids is 3. The molecule has 1 aromatic heterocycles. The number of fused-ring (bicyclic) bond motifs is 2. The van der Waals surface area contributed by atoms with E-state index >= 15 is 0 Å². The van der Waals surface area contributed by atoms with Crippen LogP contribution in [0.2, 0.25) is 0 Å². The van der Waals surface area contributed by atoms with Crippen LogP contribution in [0.25, 0.3) is 5.57 Å². The smallest absolute Gasteiger partial charge is 0.338 e. The second kappa shape index (κ2) is 11.6. The molecule has 0 fully saturated rings. The molecule has 0 radical (unpaired) electrons. The largest absolute Gasteiger partial charge is 0.497 e. The first-order valence-corrected chi connectivity index (χ1v) is 14.1. The van der Waals surface area contributed by atoms with Gasteiger partial charge in [-0.3, -0.25) is 23.9 Å². The van der Waals surface area contributed by atoms with Crippen LogP contribution in [0.3, 0.4) is 0 Å². The van der Waals surface area contributed by atoms with Crippen LogP contribution in [0, 0.1) is 0 Å². The summed E-state index contributed by atoms with van der Waals surface area (Å²) in [6.45, 7) is 5.04. The van der Waals surface area contributed by atoms with Crippen molar-refractivity contribution in [3.8, 4) is 11.5 Å². The summed E-state index contributed by atoms with van der Waals surface area (Å²) in [6.07, 6.45) is 0. The number of anilines is 1. The quantitative estimate of drug-likeness (QED) is 0.365. The molecule has 2 aromatic carbocycles. The van der Waals surface area contributed by atoms with Gasteiger partial charge in [-0.1, -0.05) is 29.5 Å². The van der Waals surface area contributed by atoms with Crippen LogP contribution >= 0.6 is 11.3 Å². The fourth-order valence-corrected chi connectivity index (χ4v) is 6.31. The Labute approximate surface area is 244 Å². The van der Waals surface area contributed by atoms with E-state index in [-0.39, 0.29) is 35.4 Å². The normalized spacial score (nSPS) is 16.9. The lowest BCUT2D eigenvalue weighted by molar-refractivity contribution is -0.142. The highest BCUT2D eigenvalue weighted by Gasteiger charge is 2.39. The summed E-state index contributed by atoms with van der Waals surface area (Å²) < 4.78 is 23.0. The molecular formula is C30H29N3O8S. The van der Waals surface area contributed by atoms with E-state index < -0.39 is 29.4 Å². The molecule has 5 rings (SSSR count). The van der Waals surface area contributed by atoms with Crippen LogP contribution in [0.4, 0.5) is 5.69 Å². The predicted octanol–water partition coefficient (Wildman–Crippen LogP) is 2.10. The van der Waals surface area contributed by atoms with E-state index in [1.54, 1.807) is 63.2 Å². The number of para-hydroxylation sites is 1. The van der Waals surface area contributed by atoms with E-state index in [4.69, 9.17) is 18.9 Å². The number of ether oxygens (including phenoxy) is 4. The topological polar surface area (TPSA) is 126 Å². The molecule has 0 unspecified atom stereocenters. The monoisotopic (exact) mass is 591 g/mol. The number of hydrogen-bond acceptors (Lipinski definition) is 10. The van der Waals surface area contributed by atoms with Crippen molar-refractivity contribution in [3.05, 3.63) is 84.5 Å². The van der Waals surface area contributed by atoms with Gasteiger partial charge in [-0.05, 0) is 39.0 Å². The Morgan fingerprint density at radius 3 is 2.43 bits per heavy atom. The zero-order valence-electron chi connectivity index (χ0n) is 23.8. The van der Waals surface area contributed by atoms with Gasteiger partial charge in [0.25, 0.3) is 11.5 Å². The molecule has 0 aliphatic carbocycles. The summed E-state index contributed by atoms with van der Waals surface area (Å²) in [5.74, 6) is -0.781. The molecule has 11 nitrogen and oxygen atoms in total. The van der Waals surface area contributed by atoms with Gasteiger partial charge in [-0.2, -0.15) is 0 Å². The molecule has 2 aliphatic heterocycles. The number of benzene rings is 2. The maximum absolute atomic E-state index is 14.3. The van der Waals surface area contributed by atoms with Gasteiger partial charge >= 0.3 is 11.9 Å². The number of esters is 2. The summed E-state index contributed by atoms with van der Waals surface area (Å²) in [5.41, 5.74) is 1.69. The van der Waals surface area contributed by atoms with Gasteiger partial charge in [0, 0.05) is 17.2 Å². The van der Waals surface area contributed by atoms with Gasteiger partial charge in [0.15, 0.2) is 4.80 Å². The maximum atomic E-state index is 14.3. The van der Waals surface area contributed by atoms with E-state index in [1.807, 2.05) is 0 Å². The third-order valence-electron chi connectivity index (χ3n) is 6.97. The number of hydrogen-bond donors (Lipinski definition) is 0. The standard InChI is InChI=1S/C30H29N3O8S/c1-6-40-22(34)15-32-20-11-9-8-10-18(20)24(27(32)35)26-28(36)33-25(19-13-12-17(38-4)14-21(19)39-5)23(29(37)41-7-2)16(3)31-30(33)42-26/h8-14,25H,6-7,15H2,1-5H3/b26-24+/t25-/m0/s1. The number of nitrogens with zero attached hydrogens (tertiary/aromatic N) is 3. The lowest BCUT2D eigenvalue weighted by atomic mass is 9.95. The molecule has 3 aromatic rings. The molecular weight excluding hydrogens is 562 g/mol. The van der Waals surface area contributed by atoms with E-state index in [2.05, 4.69) is 4.99 Å². The number of rotatable bonds is 8. The second-order valence-electron chi connectivity index (χ2n) is 9.32. The van der Waals surface area contributed by atoms with Gasteiger partial charge < -0.3 is 18.9 Å². The van der Waals surface area contributed by atoms with Crippen LogP contribution < -0.4 is 29.3 Å². The summed E-state index contributed by atoms with van der Waals surface area (Å²) in [4.78, 5) is 60.0. The lowest BCUT2D eigenvalue weighted by Gasteiger charge is -2.26. The Kier molecular flexibility index (Phi) is 7.99. The molecule has 0 spiro atoms. The number of amides is 1. The molecule has 1 atom stereocenters. The summed E-state index contributed by atoms with van der Waals surface area (Å²) in [7, 11) is 3.01. The number of thiazole rings is 1. The van der Waals surface area contributed by atoms with E-state index in [9.17, 15) is 19.2 Å². The van der Waals surface area contributed by atoms with Crippen molar-refractivity contribution in [2.24, 2.45) is 4.99 Å². The molecule has 0 bridgehead atoms. The predicted molar refractivity (Wildman–Crippen MR) is 154 cm³/mol. The highest BCUT2D eigenvalue weighted by molar-refractivity contribution is 7.07. The Morgan fingerprint density at radius 1 is 1.00 bits per heavy atom. The van der Waals surface area contributed by atoms with Gasteiger partial charge in [-0.25, -0.2) is 9.79 Å². The first-order valence-electron chi connectivity index (χ1n) is 13.3. The van der Waals surface area contributed by atoms with Crippen LogP contribution in [0.1, 0.15) is 37.9 Å². The summed E-state index contributed by atoms with van der Waals surface area (Å²) >= 11 is 1.04. The minimum absolute atomic E-state index is 0.123. The maximum Gasteiger partial charge on any atom is 0.338 e. The van der Waals surface area contributed by atoms with Gasteiger partial charge in [0.05, 0.1) is 50.0 Å². The first-order chi connectivity index (χ1) is 20.2. The zero-order valence-corrected chi connectivity index (χ0v) is 24.6. The van der Waals surface area contributed by atoms with Crippen molar-refractivity contribution < 1.29 is 33.3 Å². The average molecular weight is 592 g/mol. The molecule has 2 aliphatic rings. The summed E-state index contributed by atoms with van der Waals surface area (Å²) in [6, 6.07) is 11.1. The van der Waals surface area contributed by atoms with Gasteiger partial charge in [0.2, 0.25) is 0 Å². The second-order valence-corrected chi connectivity index (χ2v) is 10.3. The Bertz CT molecular complexity index is 1820. The average Bonchev–Trinajstić information content (AvgIpc) is 3.44. The first kappa shape index (κ1) is 28.8. The number of methoxy groups -OCH3 is 2.